The molecule has 2 fully saturated rings. The zero-order valence-electron chi connectivity index (χ0n) is 6.16. The molecule has 2 atom stereocenters. The second kappa shape index (κ2) is 2.21. The number of hydrogen-bond acceptors (Lipinski definition) is 2. The van der Waals surface area contributed by atoms with Gasteiger partial charge in [-0.2, -0.15) is 0 Å². The standard InChI is InChI=1S/C8H14NO/c1-9-6-2-3-7(9)5-8(10)4-6/h6-8,10H,1-5H2/q-1. The first-order valence-electron chi connectivity index (χ1n) is 4.04. The highest BCUT2D eigenvalue weighted by molar-refractivity contribution is 4.94. The van der Waals surface area contributed by atoms with Gasteiger partial charge in [0.2, 0.25) is 0 Å². The predicted molar refractivity (Wildman–Crippen MR) is 39.2 cm³/mol. The Morgan fingerprint density at radius 3 is 2.20 bits per heavy atom. The molecule has 2 bridgehead atoms. The van der Waals surface area contributed by atoms with E-state index in [0.29, 0.717) is 12.1 Å². The molecule has 2 heteroatoms. The minimum absolute atomic E-state index is 0.0458. The average molecular weight is 140 g/mol. The second-order valence-electron chi connectivity index (χ2n) is 3.52. The van der Waals surface area contributed by atoms with Crippen LogP contribution in [0.3, 0.4) is 0 Å². The van der Waals surface area contributed by atoms with Gasteiger partial charge in [-0.15, -0.1) is 0 Å². The summed E-state index contributed by atoms with van der Waals surface area (Å²) in [4.78, 5) is 2.19. The topological polar surface area (TPSA) is 23.5 Å². The van der Waals surface area contributed by atoms with Crippen LogP contribution >= 0.6 is 0 Å². The molecule has 2 heterocycles. The van der Waals surface area contributed by atoms with Crippen molar-refractivity contribution in [3.63, 3.8) is 0 Å². The van der Waals surface area contributed by atoms with E-state index >= 15 is 0 Å². The van der Waals surface area contributed by atoms with Crippen LogP contribution in [0.4, 0.5) is 0 Å². The molecule has 0 aliphatic carbocycles. The minimum Gasteiger partial charge on any atom is -0.454 e. The van der Waals surface area contributed by atoms with Gasteiger partial charge >= 0.3 is 0 Å². The molecule has 2 nitrogen and oxygen atoms in total. The zero-order valence-corrected chi connectivity index (χ0v) is 6.16. The lowest BCUT2D eigenvalue weighted by atomic mass is 10.0. The van der Waals surface area contributed by atoms with Gasteiger partial charge in [0.1, 0.15) is 0 Å². The van der Waals surface area contributed by atoms with Crippen LogP contribution in [0.5, 0.6) is 0 Å². The van der Waals surface area contributed by atoms with Crippen LogP contribution in [0, 0.1) is 7.05 Å². The van der Waals surface area contributed by atoms with Crippen molar-refractivity contribution in [2.45, 2.75) is 43.9 Å². The first kappa shape index (κ1) is 6.62. The Labute approximate surface area is 61.8 Å². The highest BCUT2D eigenvalue weighted by atomic mass is 16.3. The molecule has 2 rings (SSSR count). The maximum atomic E-state index is 9.35. The van der Waals surface area contributed by atoms with E-state index in [9.17, 15) is 5.11 Å². The summed E-state index contributed by atoms with van der Waals surface area (Å²) in [5.41, 5.74) is 0. The molecule has 0 aromatic heterocycles. The van der Waals surface area contributed by atoms with Gasteiger partial charge in [-0.3, -0.25) is 7.05 Å². The van der Waals surface area contributed by atoms with Crippen LogP contribution in [0.2, 0.25) is 0 Å². The van der Waals surface area contributed by atoms with Crippen LogP contribution in [0.25, 0.3) is 0 Å². The predicted octanol–water partition coefficient (Wildman–Crippen LogP) is 0.766. The third-order valence-electron chi connectivity index (χ3n) is 2.86. The molecule has 0 amide bonds. The number of aliphatic hydroxyl groups excluding tert-OH is 1. The SMILES string of the molecule is [CH2-]N1C2CCC1CC(O)C2. The van der Waals surface area contributed by atoms with E-state index in [0.717, 1.165) is 12.8 Å². The molecule has 1 N–H and O–H groups in total. The van der Waals surface area contributed by atoms with Gasteiger partial charge in [0.15, 0.2) is 0 Å². The molecule has 58 valence electrons. The summed E-state index contributed by atoms with van der Waals surface area (Å²) in [6.07, 6.45) is 4.33. The molecule has 0 saturated carbocycles. The van der Waals surface area contributed by atoms with E-state index in [-0.39, 0.29) is 6.10 Å². The van der Waals surface area contributed by atoms with Gasteiger partial charge in [0, 0.05) is 0 Å². The number of nitrogens with zero attached hydrogens (tertiary/aromatic N) is 1. The summed E-state index contributed by atoms with van der Waals surface area (Å²) >= 11 is 0. The molecule has 0 spiro atoms. The van der Waals surface area contributed by atoms with Crippen molar-refractivity contribution >= 4 is 0 Å². The van der Waals surface area contributed by atoms with E-state index in [2.05, 4.69) is 11.9 Å². The maximum Gasteiger partial charge on any atom is 0.0568 e. The highest BCUT2D eigenvalue weighted by Crippen LogP contribution is 2.34. The van der Waals surface area contributed by atoms with Crippen molar-refractivity contribution in [2.24, 2.45) is 0 Å². The molecule has 0 aromatic carbocycles. The van der Waals surface area contributed by atoms with Crippen LogP contribution in [0.15, 0.2) is 0 Å². The Kier molecular flexibility index (Phi) is 1.46. The van der Waals surface area contributed by atoms with Crippen LogP contribution in [-0.2, 0) is 0 Å². The molecule has 0 radical (unpaired) electrons. The lowest BCUT2D eigenvalue weighted by Gasteiger charge is -2.40. The van der Waals surface area contributed by atoms with Gasteiger partial charge in [0.25, 0.3) is 0 Å². The number of aliphatic hydroxyl groups is 1. The molecule has 2 aliphatic rings. The molecule has 2 aliphatic heterocycles. The monoisotopic (exact) mass is 140 g/mol. The van der Waals surface area contributed by atoms with Gasteiger partial charge in [-0.05, 0) is 37.8 Å². The first-order chi connectivity index (χ1) is 4.77. The van der Waals surface area contributed by atoms with Crippen molar-refractivity contribution in [1.82, 2.24) is 4.90 Å². The molecule has 0 aromatic rings. The lowest BCUT2D eigenvalue weighted by Crippen LogP contribution is -2.40. The summed E-state index contributed by atoms with van der Waals surface area (Å²) in [7, 11) is 3.98. The fourth-order valence-electron chi connectivity index (χ4n) is 2.25. The summed E-state index contributed by atoms with van der Waals surface area (Å²) in [5, 5.41) is 9.35. The summed E-state index contributed by atoms with van der Waals surface area (Å²) in [6, 6.07) is 1.16. The van der Waals surface area contributed by atoms with E-state index < -0.39 is 0 Å². The number of rotatable bonds is 0. The van der Waals surface area contributed by atoms with E-state index in [1.807, 2.05) is 0 Å². The van der Waals surface area contributed by atoms with Crippen molar-refractivity contribution in [1.29, 1.82) is 0 Å². The Bertz CT molecular complexity index is 123. The third-order valence-corrected chi connectivity index (χ3v) is 2.86. The Balaban J connectivity index is 2.09. The molecular formula is C8H14NO-. The van der Waals surface area contributed by atoms with Crippen molar-refractivity contribution < 1.29 is 5.11 Å². The number of fused-ring (bicyclic) bond motifs is 2. The van der Waals surface area contributed by atoms with Gasteiger partial charge in [0.05, 0.1) is 6.10 Å². The van der Waals surface area contributed by atoms with Gasteiger partial charge in [-0.25, -0.2) is 0 Å². The van der Waals surface area contributed by atoms with Crippen LogP contribution in [-0.4, -0.2) is 28.2 Å². The quantitative estimate of drug-likeness (QED) is 0.502. The van der Waals surface area contributed by atoms with E-state index in [1.54, 1.807) is 0 Å². The lowest BCUT2D eigenvalue weighted by molar-refractivity contribution is 0.0594. The Morgan fingerprint density at radius 1 is 1.20 bits per heavy atom. The second-order valence-corrected chi connectivity index (χ2v) is 3.52. The van der Waals surface area contributed by atoms with E-state index in [1.165, 1.54) is 12.8 Å². The van der Waals surface area contributed by atoms with Crippen molar-refractivity contribution in [3.8, 4) is 0 Å². The fourth-order valence-corrected chi connectivity index (χ4v) is 2.25. The maximum absolute atomic E-state index is 9.35. The largest absolute Gasteiger partial charge is 0.454 e. The zero-order chi connectivity index (χ0) is 7.14. The molecule has 2 saturated heterocycles. The summed E-state index contributed by atoms with van der Waals surface area (Å²) in [6.45, 7) is 0. The van der Waals surface area contributed by atoms with Crippen molar-refractivity contribution in [2.75, 3.05) is 0 Å². The van der Waals surface area contributed by atoms with Gasteiger partial charge < -0.3 is 10.0 Å². The minimum atomic E-state index is -0.0458. The molecule has 10 heavy (non-hydrogen) atoms. The third kappa shape index (κ3) is 0.867. The van der Waals surface area contributed by atoms with Crippen LogP contribution < -0.4 is 0 Å². The first-order valence-corrected chi connectivity index (χ1v) is 4.04. The van der Waals surface area contributed by atoms with Crippen molar-refractivity contribution in [3.05, 3.63) is 7.05 Å². The summed E-state index contributed by atoms with van der Waals surface area (Å²) < 4.78 is 0. The van der Waals surface area contributed by atoms with Crippen LogP contribution in [0.1, 0.15) is 25.7 Å². The number of hydrogen-bond donors (Lipinski definition) is 1. The smallest absolute Gasteiger partial charge is 0.0568 e. The van der Waals surface area contributed by atoms with E-state index in [4.69, 9.17) is 0 Å². The Hall–Kier alpha value is -0.0800. The highest BCUT2D eigenvalue weighted by Gasteiger charge is 2.33. The van der Waals surface area contributed by atoms with Gasteiger partial charge in [-0.1, -0.05) is 0 Å². The summed E-state index contributed by atoms with van der Waals surface area (Å²) in [5.74, 6) is 0. The fraction of sp³-hybridized carbons (Fsp3) is 0.875. The Morgan fingerprint density at radius 2 is 1.70 bits per heavy atom. The molecular weight excluding hydrogens is 126 g/mol. The number of piperidine rings is 1. The normalized spacial score (nSPS) is 48.0. The molecule has 2 unspecified atom stereocenters. The average Bonchev–Trinajstić information content (AvgIpc) is 2.20.